The lowest BCUT2D eigenvalue weighted by Crippen LogP contribution is -2.48. The predicted molar refractivity (Wildman–Crippen MR) is 72.2 cm³/mol. The molecule has 1 aromatic rings. The van der Waals surface area contributed by atoms with Gasteiger partial charge in [0, 0.05) is 24.8 Å². The maximum absolute atomic E-state index is 5.52. The van der Waals surface area contributed by atoms with Gasteiger partial charge in [0.15, 0.2) is 0 Å². The Kier molecular flexibility index (Phi) is 4.16. The summed E-state index contributed by atoms with van der Waals surface area (Å²) in [6.07, 6.45) is 1.97. The Morgan fingerprint density at radius 3 is 2.62 bits per heavy atom. The lowest BCUT2D eigenvalue weighted by atomic mass is 10.1. The highest BCUT2D eigenvalue weighted by atomic mass is 127. The highest BCUT2D eigenvalue weighted by Gasteiger charge is 2.25. The molecule has 0 spiro atoms. The molecule has 0 amide bonds. The van der Waals surface area contributed by atoms with Crippen molar-refractivity contribution in [3.63, 3.8) is 0 Å². The van der Waals surface area contributed by atoms with Crippen LogP contribution in [0, 0.1) is 3.70 Å². The standard InChI is InChI=1S/C12H17IN2O/c1-9-7-16-8-10(2)15(9)6-11-3-4-12(13)14-5-11/h3-5,9-10H,6-8H2,1-2H3/t9-,10-/m0/s1. The van der Waals surface area contributed by atoms with E-state index in [2.05, 4.69) is 58.5 Å². The number of morpholine rings is 1. The van der Waals surface area contributed by atoms with Crippen LogP contribution in [0.4, 0.5) is 0 Å². The van der Waals surface area contributed by atoms with E-state index < -0.39 is 0 Å². The van der Waals surface area contributed by atoms with Crippen molar-refractivity contribution in [2.24, 2.45) is 0 Å². The fraction of sp³-hybridized carbons (Fsp3) is 0.583. The summed E-state index contributed by atoms with van der Waals surface area (Å²) in [4.78, 5) is 6.80. The largest absolute Gasteiger partial charge is 0.378 e. The zero-order chi connectivity index (χ0) is 11.5. The Labute approximate surface area is 110 Å². The number of halogens is 1. The lowest BCUT2D eigenvalue weighted by Gasteiger charge is -2.38. The third-order valence-electron chi connectivity index (χ3n) is 3.00. The van der Waals surface area contributed by atoms with Crippen molar-refractivity contribution >= 4 is 22.6 Å². The minimum atomic E-state index is 0.489. The van der Waals surface area contributed by atoms with Gasteiger partial charge in [-0.15, -0.1) is 0 Å². The molecule has 0 aliphatic carbocycles. The van der Waals surface area contributed by atoms with E-state index in [1.165, 1.54) is 5.56 Å². The molecule has 1 aliphatic heterocycles. The molecule has 0 bridgehead atoms. The Balaban J connectivity index is 2.04. The molecule has 0 unspecified atom stereocenters. The Bertz CT molecular complexity index is 331. The van der Waals surface area contributed by atoms with Crippen LogP contribution < -0.4 is 0 Å². The first kappa shape index (κ1) is 12.3. The highest BCUT2D eigenvalue weighted by molar-refractivity contribution is 14.1. The van der Waals surface area contributed by atoms with Crippen molar-refractivity contribution in [3.05, 3.63) is 27.6 Å². The molecule has 0 N–H and O–H groups in total. The van der Waals surface area contributed by atoms with Gasteiger partial charge in [0.2, 0.25) is 0 Å². The van der Waals surface area contributed by atoms with Gasteiger partial charge in [-0.2, -0.15) is 0 Å². The van der Waals surface area contributed by atoms with Gasteiger partial charge in [0.25, 0.3) is 0 Å². The summed E-state index contributed by atoms with van der Waals surface area (Å²) in [6, 6.07) is 5.20. The summed E-state index contributed by atoms with van der Waals surface area (Å²) >= 11 is 2.23. The summed E-state index contributed by atoms with van der Waals surface area (Å²) in [5, 5.41) is 0. The third kappa shape index (κ3) is 2.93. The zero-order valence-electron chi connectivity index (χ0n) is 9.69. The van der Waals surface area contributed by atoms with Crippen LogP contribution >= 0.6 is 22.6 Å². The molecule has 2 atom stereocenters. The number of rotatable bonds is 2. The van der Waals surface area contributed by atoms with Gasteiger partial charge in [0.05, 0.1) is 13.2 Å². The zero-order valence-corrected chi connectivity index (χ0v) is 11.8. The van der Waals surface area contributed by atoms with Crippen molar-refractivity contribution in [2.75, 3.05) is 13.2 Å². The molecule has 1 saturated heterocycles. The van der Waals surface area contributed by atoms with Gasteiger partial charge in [-0.3, -0.25) is 9.88 Å². The van der Waals surface area contributed by atoms with Crippen LogP contribution in [0.1, 0.15) is 19.4 Å². The molecule has 88 valence electrons. The molecule has 1 aromatic heterocycles. The van der Waals surface area contributed by atoms with E-state index in [1.807, 2.05) is 6.20 Å². The molecule has 16 heavy (non-hydrogen) atoms. The van der Waals surface area contributed by atoms with Crippen LogP contribution in [-0.4, -0.2) is 35.2 Å². The molecule has 0 aromatic carbocycles. The highest BCUT2D eigenvalue weighted by Crippen LogP contribution is 2.16. The van der Waals surface area contributed by atoms with E-state index in [4.69, 9.17) is 4.74 Å². The van der Waals surface area contributed by atoms with Crippen LogP contribution in [0.5, 0.6) is 0 Å². The van der Waals surface area contributed by atoms with Crippen molar-refractivity contribution in [1.82, 2.24) is 9.88 Å². The van der Waals surface area contributed by atoms with Crippen LogP contribution in [0.15, 0.2) is 18.3 Å². The normalized spacial score (nSPS) is 26.9. The number of hydrogen-bond donors (Lipinski definition) is 0. The first-order chi connectivity index (χ1) is 7.66. The quantitative estimate of drug-likeness (QED) is 0.614. The fourth-order valence-electron chi connectivity index (χ4n) is 2.06. The summed E-state index contributed by atoms with van der Waals surface area (Å²) in [5.74, 6) is 0. The number of nitrogens with zero attached hydrogens (tertiary/aromatic N) is 2. The average molecular weight is 332 g/mol. The second kappa shape index (κ2) is 5.42. The maximum Gasteiger partial charge on any atom is 0.101 e. The second-order valence-corrected chi connectivity index (χ2v) is 5.50. The summed E-state index contributed by atoms with van der Waals surface area (Å²) in [6.45, 7) is 7.07. The first-order valence-electron chi connectivity index (χ1n) is 5.60. The summed E-state index contributed by atoms with van der Waals surface area (Å²) < 4.78 is 6.57. The van der Waals surface area contributed by atoms with Crippen LogP contribution in [-0.2, 0) is 11.3 Å². The van der Waals surface area contributed by atoms with Crippen molar-refractivity contribution < 1.29 is 4.74 Å². The van der Waals surface area contributed by atoms with Crippen LogP contribution in [0.3, 0.4) is 0 Å². The fourth-order valence-corrected chi connectivity index (χ4v) is 2.38. The minimum Gasteiger partial charge on any atom is -0.378 e. The van der Waals surface area contributed by atoms with Crippen molar-refractivity contribution in [2.45, 2.75) is 32.5 Å². The third-order valence-corrected chi connectivity index (χ3v) is 3.64. The maximum atomic E-state index is 5.52. The molecule has 1 aliphatic rings. The van der Waals surface area contributed by atoms with Crippen LogP contribution in [0.25, 0.3) is 0 Å². The molecule has 4 heteroatoms. The van der Waals surface area contributed by atoms with E-state index in [-0.39, 0.29) is 0 Å². The van der Waals surface area contributed by atoms with Gasteiger partial charge < -0.3 is 4.74 Å². The molecular weight excluding hydrogens is 315 g/mol. The molecular formula is C12H17IN2O. The topological polar surface area (TPSA) is 25.4 Å². The number of hydrogen-bond acceptors (Lipinski definition) is 3. The molecule has 0 saturated carbocycles. The smallest absolute Gasteiger partial charge is 0.101 e. The summed E-state index contributed by atoms with van der Waals surface area (Å²) in [5.41, 5.74) is 1.28. The van der Waals surface area contributed by atoms with Crippen molar-refractivity contribution in [3.8, 4) is 0 Å². The lowest BCUT2D eigenvalue weighted by molar-refractivity contribution is -0.0410. The molecule has 2 rings (SSSR count). The molecule has 1 fully saturated rings. The average Bonchev–Trinajstić information content (AvgIpc) is 2.26. The Morgan fingerprint density at radius 2 is 2.06 bits per heavy atom. The monoisotopic (exact) mass is 332 g/mol. The van der Waals surface area contributed by atoms with Crippen LogP contribution in [0.2, 0.25) is 0 Å². The summed E-state index contributed by atoms with van der Waals surface area (Å²) in [7, 11) is 0. The van der Waals surface area contributed by atoms with Gasteiger partial charge in [-0.25, -0.2) is 0 Å². The van der Waals surface area contributed by atoms with Gasteiger partial charge in [-0.05, 0) is 48.1 Å². The van der Waals surface area contributed by atoms with Crippen molar-refractivity contribution in [1.29, 1.82) is 0 Å². The Morgan fingerprint density at radius 1 is 1.38 bits per heavy atom. The SMILES string of the molecule is C[C@H]1COC[C@H](C)N1Cc1ccc(I)nc1. The van der Waals surface area contributed by atoms with E-state index in [0.29, 0.717) is 12.1 Å². The number of aromatic nitrogens is 1. The first-order valence-corrected chi connectivity index (χ1v) is 6.68. The Hall–Kier alpha value is -0.200. The van der Waals surface area contributed by atoms with E-state index in [1.54, 1.807) is 0 Å². The van der Waals surface area contributed by atoms with E-state index in [9.17, 15) is 0 Å². The molecule has 3 nitrogen and oxygen atoms in total. The molecule has 0 radical (unpaired) electrons. The number of ether oxygens (including phenoxy) is 1. The minimum absolute atomic E-state index is 0.489. The second-order valence-electron chi connectivity index (χ2n) is 4.40. The van der Waals surface area contributed by atoms with E-state index >= 15 is 0 Å². The predicted octanol–water partition coefficient (Wildman–Crippen LogP) is 2.30. The van der Waals surface area contributed by atoms with Gasteiger partial charge in [0.1, 0.15) is 3.70 Å². The molecule has 2 heterocycles. The van der Waals surface area contributed by atoms with E-state index in [0.717, 1.165) is 23.5 Å². The number of pyridine rings is 1. The van der Waals surface area contributed by atoms with Gasteiger partial charge in [-0.1, -0.05) is 6.07 Å². The van der Waals surface area contributed by atoms with Gasteiger partial charge >= 0.3 is 0 Å².